The number of hydroxylamine groups is 1. The average molecular weight is 363 g/mol. The summed E-state index contributed by atoms with van der Waals surface area (Å²) in [5.41, 5.74) is 6.10. The Kier molecular flexibility index (Phi) is 4.51. The first-order valence-electron chi connectivity index (χ1n) is 8.84. The van der Waals surface area contributed by atoms with Crippen molar-refractivity contribution in [2.45, 2.75) is 24.3 Å². The number of carbonyl (C=O) groups is 1. The lowest BCUT2D eigenvalue weighted by atomic mass is 9.74. The van der Waals surface area contributed by atoms with Crippen molar-refractivity contribution >= 4 is 28.8 Å². The van der Waals surface area contributed by atoms with Crippen LogP contribution in [-0.2, 0) is 21.5 Å². The van der Waals surface area contributed by atoms with E-state index in [9.17, 15) is 9.90 Å². The average Bonchev–Trinajstić information content (AvgIpc) is 3.23. The molecule has 0 amide bonds. The molecule has 1 aromatic heterocycles. The van der Waals surface area contributed by atoms with E-state index >= 15 is 0 Å². The van der Waals surface area contributed by atoms with Crippen LogP contribution in [0.4, 0.5) is 5.69 Å². The van der Waals surface area contributed by atoms with E-state index in [2.05, 4.69) is 27.6 Å². The van der Waals surface area contributed by atoms with E-state index in [-0.39, 0.29) is 0 Å². The lowest BCUT2D eigenvalue weighted by molar-refractivity contribution is -0.143. The van der Waals surface area contributed by atoms with Crippen LogP contribution in [0.2, 0.25) is 0 Å². The molecule has 0 fully saturated rings. The zero-order chi connectivity index (χ0) is 18.9. The zero-order valence-corrected chi connectivity index (χ0v) is 15.0. The summed E-state index contributed by atoms with van der Waals surface area (Å²) in [5.74, 6) is -0.953. The molecule has 0 bridgehead atoms. The lowest BCUT2D eigenvalue weighted by Gasteiger charge is -2.30. The molecule has 27 heavy (non-hydrogen) atoms. The van der Waals surface area contributed by atoms with Crippen LogP contribution in [0.25, 0.3) is 10.9 Å². The monoisotopic (exact) mass is 363 g/mol. The standard InChI is InChI=1S/C21H21N3O3/c1-27-24-19(20(25)26)12-21(13-22-18-9-5-3-7-16(18)21)11-15-10-14-6-2-4-8-17(14)23-15/h2-10,13,19,23-24H,11-12H2,1H3,(H,25,26)/t19-,21?/m0/s1. The molecule has 0 spiro atoms. The van der Waals surface area contributed by atoms with Crippen LogP contribution in [0.1, 0.15) is 17.7 Å². The zero-order valence-electron chi connectivity index (χ0n) is 15.0. The second kappa shape index (κ2) is 6.98. The molecule has 0 radical (unpaired) electrons. The van der Waals surface area contributed by atoms with Crippen LogP contribution >= 0.6 is 0 Å². The van der Waals surface area contributed by atoms with Gasteiger partial charge in [-0.05, 0) is 35.6 Å². The maximum atomic E-state index is 11.7. The highest BCUT2D eigenvalue weighted by molar-refractivity contribution is 5.87. The van der Waals surface area contributed by atoms with E-state index in [1.165, 1.54) is 7.11 Å². The van der Waals surface area contributed by atoms with Crippen LogP contribution in [-0.4, -0.2) is 35.4 Å². The minimum absolute atomic E-state index is 0.325. The molecule has 2 aromatic carbocycles. The number of aromatic nitrogens is 1. The number of aliphatic imine (C=N–C) groups is 1. The molecule has 4 rings (SSSR count). The fourth-order valence-electron chi connectivity index (χ4n) is 3.90. The van der Waals surface area contributed by atoms with E-state index in [1.807, 2.05) is 48.7 Å². The third-order valence-corrected chi connectivity index (χ3v) is 5.11. The number of nitrogens with zero attached hydrogens (tertiary/aromatic N) is 1. The van der Waals surface area contributed by atoms with Crippen molar-refractivity contribution < 1.29 is 14.7 Å². The summed E-state index contributed by atoms with van der Waals surface area (Å²) in [4.78, 5) is 24.7. The van der Waals surface area contributed by atoms with Crippen molar-refractivity contribution in [3.63, 3.8) is 0 Å². The number of carboxylic acids is 1. The van der Waals surface area contributed by atoms with E-state index in [4.69, 9.17) is 4.84 Å². The Morgan fingerprint density at radius 2 is 2.04 bits per heavy atom. The number of para-hydroxylation sites is 2. The number of carboxylic acid groups (broad SMARTS) is 1. The molecule has 3 N–H and O–H groups in total. The smallest absolute Gasteiger partial charge is 0.323 e. The Bertz CT molecular complexity index is 978. The number of benzene rings is 2. The van der Waals surface area contributed by atoms with Crippen molar-refractivity contribution in [2.75, 3.05) is 7.11 Å². The highest BCUT2D eigenvalue weighted by Gasteiger charge is 2.40. The van der Waals surface area contributed by atoms with Gasteiger partial charge in [0, 0.05) is 29.3 Å². The van der Waals surface area contributed by atoms with Crippen LogP contribution in [0.5, 0.6) is 0 Å². The molecule has 6 nitrogen and oxygen atoms in total. The first kappa shape index (κ1) is 17.5. The quantitative estimate of drug-likeness (QED) is 0.562. The Morgan fingerprint density at radius 3 is 2.81 bits per heavy atom. The number of rotatable bonds is 7. The summed E-state index contributed by atoms with van der Waals surface area (Å²) in [6.07, 6.45) is 2.83. The molecule has 0 aliphatic carbocycles. The summed E-state index contributed by atoms with van der Waals surface area (Å²) < 4.78 is 0. The van der Waals surface area contributed by atoms with Gasteiger partial charge in [0.05, 0.1) is 12.8 Å². The van der Waals surface area contributed by atoms with Gasteiger partial charge in [-0.25, -0.2) is 0 Å². The van der Waals surface area contributed by atoms with Crippen molar-refractivity contribution in [1.29, 1.82) is 0 Å². The van der Waals surface area contributed by atoms with Gasteiger partial charge in [0.25, 0.3) is 0 Å². The molecule has 1 aliphatic rings. The summed E-state index contributed by atoms with van der Waals surface area (Å²) in [5, 5.41) is 10.7. The molecule has 3 aromatic rings. The van der Waals surface area contributed by atoms with E-state index in [0.717, 1.165) is 27.8 Å². The number of H-pyrrole nitrogens is 1. The number of hydrogen-bond donors (Lipinski definition) is 3. The Morgan fingerprint density at radius 1 is 1.26 bits per heavy atom. The summed E-state index contributed by atoms with van der Waals surface area (Å²) in [6, 6.07) is 17.3. The third kappa shape index (κ3) is 3.25. The lowest BCUT2D eigenvalue weighted by Crippen LogP contribution is -2.44. The highest BCUT2D eigenvalue weighted by atomic mass is 16.6. The predicted molar refractivity (Wildman–Crippen MR) is 104 cm³/mol. The van der Waals surface area contributed by atoms with Gasteiger partial charge in [0.2, 0.25) is 0 Å². The van der Waals surface area contributed by atoms with Gasteiger partial charge >= 0.3 is 5.97 Å². The fraction of sp³-hybridized carbons (Fsp3) is 0.238. The summed E-state index contributed by atoms with van der Waals surface area (Å²) in [7, 11) is 1.43. The summed E-state index contributed by atoms with van der Waals surface area (Å²) in [6.45, 7) is 0. The second-order valence-electron chi connectivity index (χ2n) is 6.91. The molecule has 1 unspecified atom stereocenters. The van der Waals surface area contributed by atoms with E-state index in [0.29, 0.717) is 12.8 Å². The third-order valence-electron chi connectivity index (χ3n) is 5.11. The topological polar surface area (TPSA) is 86.7 Å². The molecular formula is C21H21N3O3. The maximum absolute atomic E-state index is 11.7. The molecule has 1 aliphatic heterocycles. The van der Waals surface area contributed by atoms with Crippen LogP contribution < -0.4 is 5.48 Å². The Labute approximate surface area is 156 Å². The maximum Gasteiger partial charge on any atom is 0.323 e. The molecule has 2 atom stereocenters. The SMILES string of the molecule is CON[C@@H](CC1(Cc2cc3ccccc3[nH]2)C=Nc2ccccc21)C(=O)O. The molecule has 2 heterocycles. The van der Waals surface area contributed by atoms with Crippen LogP contribution in [0.3, 0.4) is 0 Å². The van der Waals surface area contributed by atoms with Gasteiger partial charge in [-0.3, -0.25) is 9.79 Å². The van der Waals surface area contributed by atoms with Gasteiger partial charge in [-0.15, -0.1) is 0 Å². The number of fused-ring (bicyclic) bond motifs is 2. The fourth-order valence-corrected chi connectivity index (χ4v) is 3.90. The minimum atomic E-state index is -0.953. The van der Waals surface area contributed by atoms with Crippen LogP contribution in [0, 0.1) is 0 Å². The Balaban J connectivity index is 1.75. The van der Waals surface area contributed by atoms with E-state index in [1.54, 1.807) is 0 Å². The number of hydrogen-bond acceptors (Lipinski definition) is 4. The molecular weight excluding hydrogens is 342 g/mol. The normalized spacial score (nSPS) is 19.3. The molecule has 0 saturated heterocycles. The van der Waals surface area contributed by atoms with Crippen molar-refractivity contribution in [1.82, 2.24) is 10.5 Å². The predicted octanol–water partition coefficient (Wildman–Crippen LogP) is 3.36. The van der Waals surface area contributed by atoms with Crippen LogP contribution in [0.15, 0.2) is 59.6 Å². The second-order valence-corrected chi connectivity index (χ2v) is 6.91. The van der Waals surface area contributed by atoms with Crippen molar-refractivity contribution in [3.8, 4) is 0 Å². The van der Waals surface area contributed by atoms with Gasteiger partial charge < -0.3 is 14.9 Å². The Hall–Kier alpha value is -2.96. The molecule has 138 valence electrons. The first-order valence-corrected chi connectivity index (χ1v) is 8.84. The molecule has 6 heteroatoms. The van der Waals surface area contributed by atoms with E-state index < -0.39 is 17.4 Å². The largest absolute Gasteiger partial charge is 0.480 e. The van der Waals surface area contributed by atoms with Gasteiger partial charge in [0.15, 0.2) is 0 Å². The molecule has 0 saturated carbocycles. The number of aromatic amines is 1. The number of nitrogens with one attached hydrogen (secondary N) is 2. The highest BCUT2D eigenvalue weighted by Crippen LogP contribution is 2.42. The summed E-state index contributed by atoms with van der Waals surface area (Å²) >= 11 is 0. The van der Waals surface area contributed by atoms with Gasteiger partial charge in [-0.2, -0.15) is 5.48 Å². The van der Waals surface area contributed by atoms with Gasteiger partial charge in [0.1, 0.15) is 6.04 Å². The first-order chi connectivity index (χ1) is 13.1. The van der Waals surface area contributed by atoms with Crippen molar-refractivity contribution in [2.24, 2.45) is 4.99 Å². The van der Waals surface area contributed by atoms with Crippen molar-refractivity contribution in [3.05, 3.63) is 65.9 Å². The number of aliphatic carboxylic acids is 1. The van der Waals surface area contributed by atoms with Gasteiger partial charge in [-0.1, -0.05) is 36.4 Å². The minimum Gasteiger partial charge on any atom is -0.480 e.